The zero-order chi connectivity index (χ0) is 20.4. The number of amides is 3. The van der Waals surface area contributed by atoms with Gasteiger partial charge in [0.05, 0.1) is 6.67 Å². The third-order valence-electron chi connectivity index (χ3n) is 5.89. The van der Waals surface area contributed by atoms with Crippen LogP contribution in [0.3, 0.4) is 0 Å². The highest BCUT2D eigenvalue weighted by Crippen LogP contribution is 2.29. The van der Waals surface area contributed by atoms with Gasteiger partial charge >= 0.3 is 6.03 Å². The quantitative estimate of drug-likeness (QED) is 0.768. The van der Waals surface area contributed by atoms with Crippen molar-refractivity contribution in [2.45, 2.75) is 31.8 Å². The van der Waals surface area contributed by atoms with Crippen molar-refractivity contribution in [3.05, 3.63) is 65.7 Å². The Bertz CT molecular complexity index is 895. The number of para-hydroxylation sites is 1. The summed E-state index contributed by atoms with van der Waals surface area (Å²) >= 11 is 0. The number of hydrogen-bond donors (Lipinski definition) is 1. The Morgan fingerprint density at radius 2 is 1.66 bits per heavy atom. The third-order valence-corrected chi connectivity index (χ3v) is 5.89. The van der Waals surface area contributed by atoms with E-state index >= 15 is 0 Å². The lowest BCUT2D eigenvalue weighted by Crippen LogP contribution is -2.42. The van der Waals surface area contributed by atoms with E-state index in [1.807, 2.05) is 48.3 Å². The number of nitrogens with zero attached hydrogens (tertiary/aromatic N) is 3. The Balaban J connectivity index is 1.47. The van der Waals surface area contributed by atoms with Crippen LogP contribution in [0.5, 0.6) is 0 Å². The van der Waals surface area contributed by atoms with Gasteiger partial charge < -0.3 is 10.2 Å². The van der Waals surface area contributed by atoms with Gasteiger partial charge in [-0.1, -0.05) is 48.5 Å². The minimum absolute atomic E-state index is 0.214. The lowest BCUT2D eigenvalue weighted by atomic mass is 9.92. The van der Waals surface area contributed by atoms with E-state index in [2.05, 4.69) is 28.4 Å². The number of hydrogen-bond acceptors (Lipinski definition) is 4. The first-order valence-electron chi connectivity index (χ1n) is 10.2. The van der Waals surface area contributed by atoms with Crippen LogP contribution in [0.2, 0.25) is 0 Å². The minimum atomic E-state index is -1.02. The van der Waals surface area contributed by atoms with E-state index in [1.54, 1.807) is 6.92 Å². The first-order chi connectivity index (χ1) is 14.0. The van der Waals surface area contributed by atoms with E-state index in [1.165, 1.54) is 29.0 Å². The predicted octanol–water partition coefficient (Wildman–Crippen LogP) is 3.14. The normalized spacial score (nSPS) is 21.9. The molecule has 2 saturated heterocycles. The molecule has 152 valence electrons. The molecule has 6 heteroatoms. The van der Waals surface area contributed by atoms with Crippen LogP contribution in [0.15, 0.2) is 54.6 Å². The summed E-state index contributed by atoms with van der Waals surface area (Å²) in [6, 6.07) is 17.5. The molecule has 0 aliphatic carbocycles. The summed E-state index contributed by atoms with van der Waals surface area (Å²) in [6.45, 7) is 4.87. The molecular weight excluding hydrogens is 364 g/mol. The average molecular weight is 393 g/mol. The van der Waals surface area contributed by atoms with Gasteiger partial charge in [0, 0.05) is 25.3 Å². The molecule has 1 N–H and O–H groups in total. The van der Waals surface area contributed by atoms with Crippen molar-refractivity contribution in [3.63, 3.8) is 0 Å². The number of imide groups is 1. The monoisotopic (exact) mass is 392 g/mol. The van der Waals surface area contributed by atoms with Crippen LogP contribution in [-0.2, 0) is 16.9 Å². The maximum Gasteiger partial charge on any atom is 0.326 e. The molecule has 0 aromatic heterocycles. The molecule has 2 heterocycles. The number of benzene rings is 2. The number of nitrogens with one attached hydrogen (secondary N) is 1. The molecule has 1 atom stereocenters. The molecule has 29 heavy (non-hydrogen) atoms. The number of urea groups is 1. The highest BCUT2D eigenvalue weighted by atomic mass is 16.2. The van der Waals surface area contributed by atoms with Crippen LogP contribution in [0.1, 0.15) is 30.9 Å². The number of carbonyl (C=O) groups excluding carboxylic acids is 2. The topological polar surface area (TPSA) is 55.9 Å². The van der Waals surface area contributed by atoms with Crippen LogP contribution in [0.4, 0.5) is 10.5 Å². The largest absolute Gasteiger partial charge is 0.371 e. The van der Waals surface area contributed by atoms with Gasteiger partial charge in [-0.15, -0.1) is 0 Å². The van der Waals surface area contributed by atoms with Crippen LogP contribution in [-0.4, -0.2) is 48.5 Å². The highest BCUT2D eigenvalue weighted by molar-refractivity contribution is 6.07. The predicted molar refractivity (Wildman–Crippen MR) is 113 cm³/mol. The van der Waals surface area contributed by atoms with Gasteiger partial charge in [0.2, 0.25) is 0 Å². The summed E-state index contributed by atoms with van der Waals surface area (Å²) in [4.78, 5) is 31.5. The zero-order valence-electron chi connectivity index (χ0n) is 17.1. The first-order valence-corrected chi connectivity index (χ1v) is 10.2. The smallest absolute Gasteiger partial charge is 0.326 e. The SMILES string of the molecule is CN(Cc1ccccc1N1CCCC1)CN1C(=O)N[C@@](C)(c2ccccc2)C1=O. The molecule has 0 radical (unpaired) electrons. The maximum atomic E-state index is 13.1. The van der Waals surface area contributed by atoms with Gasteiger partial charge in [-0.05, 0) is 44.0 Å². The molecular formula is C23H28N4O2. The molecule has 2 aromatic carbocycles. The molecule has 3 amide bonds. The lowest BCUT2D eigenvalue weighted by Gasteiger charge is -2.27. The van der Waals surface area contributed by atoms with Crippen LogP contribution in [0.25, 0.3) is 0 Å². The van der Waals surface area contributed by atoms with Crippen molar-refractivity contribution in [1.82, 2.24) is 15.1 Å². The van der Waals surface area contributed by atoms with Crippen molar-refractivity contribution in [2.75, 3.05) is 31.7 Å². The summed E-state index contributed by atoms with van der Waals surface area (Å²) in [5, 5.41) is 2.87. The van der Waals surface area contributed by atoms with Gasteiger partial charge in [0.15, 0.2) is 0 Å². The second-order valence-corrected chi connectivity index (χ2v) is 8.13. The molecule has 2 aliphatic rings. The zero-order valence-corrected chi connectivity index (χ0v) is 17.1. The highest BCUT2D eigenvalue weighted by Gasteiger charge is 2.49. The van der Waals surface area contributed by atoms with Crippen LogP contribution < -0.4 is 10.2 Å². The van der Waals surface area contributed by atoms with Crippen molar-refractivity contribution < 1.29 is 9.59 Å². The Morgan fingerprint density at radius 3 is 2.38 bits per heavy atom. The van der Waals surface area contributed by atoms with Crippen molar-refractivity contribution in [1.29, 1.82) is 0 Å². The maximum absolute atomic E-state index is 13.1. The van der Waals surface area contributed by atoms with E-state index in [-0.39, 0.29) is 18.6 Å². The fraction of sp³-hybridized carbons (Fsp3) is 0.391. The van der Waals surface area contributed by atoms with E-state index in [4.69, 9.17) is 0 Å². The third kappa shape index (κ3) is 3.72. The molecule has 2 aliphatic heterocycles. The average Bonchev–Trinajstić information content (AvgIpc) is 3.33. The summed E-state index contributed by atoms with van der Waals surface area (Å²) < 4.78 is 0. The van der Waals surface area contributed by atoms with E-state index < -0.39 is 5.54 Å². The first kappa shape index (κ1) is 19.5. The second-order valence-electron chi connectivity index (χ2n) is 8.13. The van der Waals surface area contributed by atoms with Crippen molar-refractivity contribution in [2.24, 2.45) is 0 Å². The van der Waals surface area contributed by atoms with Crippen molar-refractivity contribution in [3.8, 4) is 0 Å². The molecule has 4 rings (SSSR count). The van der Waals surface area contributed by atoms with E-state index in [0.717, 1.165) is 18.7 Å². The minimum Gasteiger partial charge on any atom is -0.371 e. The fourth-order valence-corrected chi connectivity index (χ4v) is 4.29. The molecule has 0 unspecified atom stereocenters. The van der Waals surface area contributed by atoms with Gasteiger partial charge in [-0.3, -0.25) is 9.69 Å². The fourth-order valence-electron chi connectivity index (χ4n) is 4.29. The van der Waals surface area contributed by atoms with Gasteiger partial charge in [-0.2, -0.15) is 0 Å². The van der Waals surface area contributed by atoms with Gasteiger partial charge in [0.25, 0.3) is 5.91 Å². The Labute approximate surface area is 172 Å². The van der Waals surface area contributed by atoms with Gasteiger partial charge in [-0.25, -0.2) is 9.69 Å². The summed E-state index contributed by atoms with van der Waals surface area (Å²) in [6.07, 6.45) is 2.45. The number of rotatable bonds is 6. The van der Waals surface area contributed by atoms with Gasteiger partial charge in [0.1, 0.15) is 5.54 Å². The Hall–Kier alpha value is -2.86. The standard InChI is InChI=1S/C23H28N4O2/c1-23(19-11-4-3-5-12-19)21(28)27(22(29)24-23)17-25(2)16-18-10-6-7-13-20(18)26-14-8-9-15-26/h3-7,10-13H,8-9,14-17H2,1-2H3,(H,24,29)/t23-/m0/s1. The van der Waals surface area contributed by atoms with Crippen LogP contribution in [0, 0.1) is 0 Å². The lowest BCUT2D eigenvalue weighted by molar-refractivity contribution is -0.132. The van der Waals surface area contributed by atoms with E-state index in [9.17, 15) is 9.59 Å². The molecule has 0 spiro atoms. The van der Waals surface area contributed by atoms with E-state index in [0.29, 0.717) is 6.54 Å². The van der Waals surface area contributed by atoms with Crippen LogP contribution >= 0.6 is 0 Å². The molecule has 0 bridgehead atoms. The summed E-state index contributed by atoms with van der Waals surface area (Å²) in [5.41, 5.74) is 2.24. The molecule has 2 aromatic rings. The number of anilines is 1. The second kappa shape index (κ2) is 7.87. The molecule has 0 saturated carbocycles. The summed E-state index contributed by atoms with van der Waals surface area (Å²) in [7, 11) is 1.94. The molecule has 6 nitrogen and oxygen atoms in total. The Kier molecular flexibility index (Phi) is 5.28. The van der Waals surface area contributed by atoms with Crippen molar-refractivity contribution >= 4 is 17.6 Å². The molecule has 2 fully saturated rings. The Morgan fingerprint density at radius 1 is 1.00 bits per heavy atom. The summed E-state index contributed by atoms with van der Waals surface area (Å²) in [5.74, 6) is -0.214. The number of carbonyl (C=O) groups is 2.